The van der Waals surface area contributed by atoms with E-state index in [1.807, 2.05) is 0 Å². The number of carbonyl (C=O) groups excluding carboxylic acids is 4. The smallest absolute Gasteiger partial charge is 0.432 e. The quantitative estimate of drug-likeness (QED) is 0.180. The largest absolute Gasteiger partial charge is 0.469 e. The maximum absolute atomic E-state index is 14.7. The Morgan fingerprint density at radius 2 is 1.68 bits per heavy atom. The van der Waals surface area contributed by atoms with E-state index in [4.69, 9.17) is 14.2 Å². The van der Waals surface area contributed by atoms with E-state index in [-0.39, 0.29) is 23.5 Å². The topological polar surface area (TPSA) is 96.0 Å². The van der Waals surface area contributed by atoms with Crippen molar-refractivity contribution in [3.8, 4) is 0 Å². The molecular formula is C40H51F3O7. The normalized spacial score (nSPS) is 32.8. The molecule has 0 heterocycles. The van der Waals surface area contributed by atoms with Gasteiger partial charge in [-0.05, 0) is 80.5 Å². The zero-order chi connectivity index (χ0) is 37.0. The second kappa shape index (κ2) is 13.7. The molecule has 0 amide bonds. The molecule has 0 aromatic heterocycles. The van der Waals surface area contributed by atoms with Crippen LogP contribution in [0.3, 0.4) is 0 Å². The molecule has 0 unspecified atom stereocenters. The summed E-state index contributed by atoms with van der Waals surface area (Å²) in [6, 6.07) is 6.39. The van der Waals surface area contributed by atoms with Gasteiger partial charge in [0.2, 0.25) is 0 Å². The van der Waals surface area contributed by atoms with Crippen LogP contribution in [-0.4, -0.2) is 50.0 Å². The van der Waals surface area contributed by atoms with E-state index < -0.39 is 64.8 Å². The van der Waals surface area contributed by atoms with Crippen LogP contribution in [0, 0.1) is 46.3 Å². The van der Waals surface area contributed by atoms with Gasteiger partial charge in [-0.1, -0.05) is 75.8 Å². The lowest BCUT2D eigenvalue weighted by Crippen LogP contribution is -2.60. The maximum atomic E-state index is 14.7. The number of fused-ring (bicyclic) bond motifs is 4. The molecule has 2 fully saturated rings. The molecule has 0 bridgehead atoms. The summed E-state index contributed by atoms with van der Waals surface area (Å²) in [5.74, 6) is -4.01. The van der Waals surface area contributed by atoms with Gasteiger partial charge in [0.1, 0.15) is 11.9 Å². The van der Waals surface area contributed by atoms with E-state index in [1.165, 1.54) is 23.8 Å². The first kappa shape index (κ1) is 38.0. The van der Waals surface area contributed by atoms with E-state index in [1.54, 1.807) is 6.92 Å². The Kier molecular flexibility index (Phi) is 10.4. The lowest BCUT2D eigenvalue weighted by atomic mass is 9.48. The Bertz CT molecular complexity index is 1560. The van der Waals surface area contributed by atoms with E-state index in [9.17, 15) is 32.3 Å². The fraction of sp³-hybridized carbons (Fsp3) is 0.650. The molecule has 9 atom stereocenters. The first-order chi connectivity index (χ1) is 23.4. The number of rotatable bonds is 10. The molecule has 0 radical (unpaired) electrons. The third kappa shape index (κ3) is 5.87. The van der Waals surface area contributed by atoms with Crippen molar-refractivity contribution in [1.29, 1.82) is 0 Å². The van der Waals surface area contributed by atoms with Crippen LogP contribution in [0.4, 0.5) is 13.2 Å². The molecule has 0 aliphatic heterocycles. The average Bonchev–Trinajstić information content (AvgIpc) is 3.40. The van der Waals surface area contributed by atoms with Gasteiger partial charge in [-0.25, -0.2) is 4.79 Å². The molecule has 0 saturated heterocycles. The summed E-state index contributed by atoms with van der Waals surface area (Å²) in [6.45, 7) is 14.7. The Balaban J connectivity index is 1.48. The van der Waals surface area contributed by atoms with Gasteiger partial charge in [-0.3, -0.25) is 14.4 Å². The summed E-state index contributed by atoms with van der Waals surface area (Å²) in [5.41, 5.74) is -2.99. The van der Waals surface area contributed by atoms with Crippen LogP contribution < -0.4 is 0 Å². The number of methoxy groups -OCH3 is 2. The van der Waals surface area contributed by atoms with Crippen molar-refractivity contribution in [2.45, 2.75) is 104 Å². The Hall–Kier alpha value is -3.27. The second-order valence-electron chi connectivity index (χ2n) is 15.8. The molecule has 4 aliphatic rings. The molecule has 4 aliphatic carbocycles. The van der Waals surface area contributed by atoms with E-state index >= 15 is 0 Å². The molecule has 1 aromatic carbocycles. The lowest BCUT2D eigenvalue weighted by Gasteiger charge is -2.55. The Labute approximate surface area is 293 Å². The first-order valence-electron chi connectivity index (χ1n) is 17.8. The van der Waals surface area contributed by atoms with Crippen molar-refractivity contribution in [3.63, 3.8) is 0 Å². The molecule has 5 rings (SSSR count). The van der Waals surface area contributed by atoms with Crippen molar-refractivity contribution >= 4 is 23.5 Å². The highest BCUT2D eigenvalue weighted by Gasteiger charge is 2.67. The second-order valence-corrected chi connectivity index (χ2v) is 15.8. The molecule has 0 spiro atoms. The Morgan fingerprint density at radius 3 is 2.26 bits per heavy atom. The van der Waals surface area contributed by atoms with Crippen molar-refractivity contribution in [2.75, 3.05) is 14.2 Å². The summed E-state index contributed by atoms with van der Waals surface area (Å²) in [4.78, 5) is 55.9. The van der Waals surface area contributed by atoms with E-state index in [0.29, 0.717) is 36.2 Å². The number of hydrogen-bond acceptors (Lipinski definition) is 7. The minimum Gasteiger partial charge on any atom is -0.469 e. The first-order valence-corrected chi connectivity index (χ1v) is 17.8. The van der Waals surface area contributed by atoms with Gasteiger partial charge in [0, 0.05) is 31.1 Å². The van der Waals surface area contributed by atoms with Crippen LogP contribution in [0.15, 0.2) is 53.6 Å². The number of carbonyl (C=O) groups is 4. The number of alkyl halides is 3. The van der Waals surface area contributed by atoms with E-state index in [2.05, 4.69) is 34.3 Å². The Morgan fingerprint density at radius 1 is 1.02 bits per heavy atom. The molecular weight excluding hydrogens is 649 g/mol. The van der Waals surface area contributed by atoms with Crippen LogP contribution in [0.1, 0.15) is 91.5 Å². The standard InChI is InChI=1S/C40H51F3O7/c1-22(2)23(3)14-15-24(4)27-18-19-28-26-16-17-29-33(35(46)48-7)31(20-32(45)38(29,6)34(26)30(44)21-37(27,28)5)50-36(47)39(49-8,40(41,42)43)25-12-10-9-11-13-25/h9-13,22,24,27-29,31,33H,3,14-21H2,1-2,4-8H3/t24-,27-,28+,29+,31+,33+,37-,38-,39-/m1/s1. The fourth-order valence-electron chi connectivity index (χ4n) is 10.3. The molecule has 50 heavy (non-hydrogen) atoms. The number of allylic oxidation sites excluding steroid dienone is 3. The molecule has 274 valence electrons. The minimum atomic E-state index is -5.24. The van der Waals surface area contributed by atoms with Crippen molar-refractivity contribution in [3.05, 3.63) is 59.2 Å². The highest BCUT2D eigenvalue weighted by molar-refractivity contribution is 6.07. The van der Waals surface area contributed by atoms with Crippen molar-refractivity contribution in [2.24, 2.45) is 46.3 Å². The van der Waals surface area contributed by atoms with Gasteiger partial charge in [0.05, 0.1) is 18.4 Å². The summed E-state index contributed by atoms with van der Waals surface area (Å²) >= 11 is 0. The summed E-state index contributed by atoms with van der Waals surface area (Å²) in [5, 5.41) is 0. The van der Waals surface area contributed by atoms with Gasteiger partial charge in [0.25, 0.3) is 5.60 Å². The van der Waals surface area contributed by atoms with Crippen LogP contribution in [0.25, 0.3) is 0 Å². The van der Waals surface area contributed by atoms with Crippen LogP contribution in [0.5, 0.6) is 0 Å². The third-order valence-electron chi connectivity index (χ3n) is 13.1. The monoisotopic (exact) mass is 700 g/mol. The number of halogens is 3. The van der Waals surface area contributed by atoms with Gasteiger partial charge in [0.15, 0.2) is 5.78 Å². The van der Waals surface area contributed by atoms with Gasteiger partial charge < -0.3 is 14.2 Å². The van der Waals surface area contributed by atoms with Gasteiger partial charge in [-0.2, -0.15) is 13.2 Å². The zero-order valence-electron chi connectivity index (χ0n) is 30.3. The predicted octanol–water partition coefficient (Wildman–Crippen LogP) is 8.11. The zero-order valence-corrected chi connectivity index (χ0v) is 30.3. The number of Topliss-reactive ketones (excluding diaryl/α,β-unsaturated/α-hetero) is 2. The maximum Gasteiger partial charge on any atom is 0.432 e. The van der Waals surface area contributed by atoms with Crippen LogP contribution in [0.2, 0.25) is 0 Å². The fourth-order valence-corrected chi connectivity index (χ4v) is 10.3. The highest BCUT2D eigenvalue weighted by Crippen LogP contribution is 2.65. The lowest BCUT2D eigenvalue weighted by molar-refractivity contribution is -0.279. The highest BCUT2D eigenvalue weighted by atomic mass is 19.4. The number of hydrogen-bond donors (Lipinski definition) is 0. The molecule has 7 nitrogen and oxygen atoms in total. The van der Waals surface area contributed by atoms with Gasteiger partial charge in [-0.15, -0.1) is 0 Å². The molecule has 2 saturated carbocycles. The van der Waals surface area contributed by atoms with E-state index in [0.717, 1.165) is 57.6 Å². The predicted molar refractivity (Wildman–Crippen MR) is 180 cm³/mol. The minimum absolute atomic E-state index is 0.105. The van der Waals surface area contributed by atoms with Crippen LogP contribution in [-0.2, 0) is 39.0 Å². The number of ketones is 2. The number of esters is 2. The number of ether oxygens (including phenoxy) is 3. The molecule has 1 aromatic rings. The number of benzene rings is 1. The summed E-state index contributed by atoms with van der Waals surface area (Å²) in [6.07, 6.45) is -2.47. The third-order valence-corrected chi connectivity index (χ3v) is 13.1. The SMILES string of the molecule is C=C(CC[C@@H](C)[C@H]1CC[C@H]2C3=C(C(=O)C[C@]12C)[C@@]1(C)C(=O)C[C@H](OC(=O)[C@](OC)(c2ccccc2)C(F)(F)F)[C@@H](C(=O)OC)[C@@H]1CC3)C(C)C. The van der Waals surface area contributed by atoms with Crippen LogP contribution >= 0.6 is 0 Å². The average molecular weight is 701 g/mol. The van der Waals surface area contributed by atoms with Crippen molar-refractivity contribution in [1.82, 2.24) is 0 Å². The van der Waals surface area contributed by atoms with Crippen molar-refractivity contribution < 1.29 is 46.6 Å². The molecule has 0 N–H and O–H groups in total. The molecule has 10 heteroatoms. The summed E-state index contributed by atoms with van der Waals surface area (Å²) in [7, 11) is 1.91. The summed E-state index contributed by atoms with van der Waals surface area (Å²) < 4.78 is 59.8. The van der Waals surface area contributed by atoms with Gasteiger partial charge >= 0.3 is 18.1 Å².